The van der Waals surface area contributed by atoms with E-state index in [-0.39, 0.29) is 55.8 Å². The summed E-state index contributed by atoms with van der Waals surface area (Å²) in [5, 5.41) is 0.580. The highest BCUT2D eigenvalue weighted by Crippen LogP contribution is 2.41. The molecule has 4 amide bonds. The van der Waals surface area contributed by atoms with Gasteiger partial charge >= 0.3 is 0 Å². The molecule has 2 heterocycles. The molecule has 34 heavy (non-hydrogen) atoms. The first kappa shape index (κ1) is 19.7. The van der Waals surface area contributed by atoms with Crippen molar-refractivity contribution in [3.05, 3.63) is 95.1 Å². The Labute approximate surface area is 193 Å². The first-order valence-electron chi connectivity index (χ1n) is 10.5. The molecule has 0 fully saturated rings. The molecule has 0 aromatic heterocycles. The third-order valence-corrected chi connectivity index (χ3v) is 6.25. The van der Waals surface area contributed by atoms with Gasteiger partial charge in [-0.15, -0.1) is 0 Å². The number of anilines is 4. The zero-order valence-corrected chi connectivity index (χ0v) is 17.6. The number of carbonyl (C=O) groups is 4. The molecule has 0 spiro atoms. The number of carbonyl (C=O) groups excluding carboxylic acids is 4. The van der Waals surface area contributed by atoms with Crippen LogP contribution in [-0.4, -0.2) is 23.6 Å². The van der Waals surface area contributed by atoms with Crippen molar-refractivity contribution in [2.45, 2.75) is 0 Å². The largest absolute Gasteiger partial charge is 0.397 e. The van der Waals surface area contributed by atoms with E-state index >= 15 is 0 Å². The first-order valence-corrected chi connectivity index (χ1v) is 10.5. The minimum atomic E-state index is -0.575. The van der Waals surface area contributed by atoms with Crippen LogP contribution >= 0.6 is 0 Å². The second-order valence-electron chi connectivity index (χ2n) is 8.08. The normalized spacial score (nSPS) is 14.8. The lowest BCUT2D eigenvalue weighted by molar-refractivity contribution is 0.0873. The van der Waals surface area contributed by atoms with Crippen LogP contribution in [0.2, 0.25) is 0 Å². The van der Waals surface area contributed by atoms with Crippen LogP contribution in [-0.2, 0) is 0 Å². The van der Waals surface area contributed by atoms with Gasteiger partial charge in [0.05, 0.1) is 22.7 Å². The average Bonchev–Trinajstić information content (AvgIpc) is 2.83. The van der Waals surface area contributed by atoms with E-state index in [4.69, 9.17) is 11.5 Å². The number of para-hydroxylation sites is 4. The summed E-state index contributed by atoms with van der Waals surface area (Å²) in [5.41, 5.74) is 14.0. The van der Waals surface area contributed by atoms with E-state index in [1.165, 1.54) is 24.3 Å². The third-order valence-electron chi connectivity index (χ3n) is 6.25. The molecule has 4 aromatic rings. The van der Waals surface area contributed by atoms with Gasteiger partial charge in [-0.25, -0.2) is 9.80 Å². The van der Waals surface area contributed by atoms with E-state index in [9.17, 15) is 19.2 Å². The number of nitrogen functional groups attached to an aromatic ring is 2. The van der Waals surface area contributed by atoms with Crippen molar-refractivity contribution in [3.8, 4) is 0 Å². The quantitative estimate of drug-likeness (QED) is 0.356. The molecule has 0 saturated carbocycles. The van der Waals surface area contributed by atoms with Gasteiger partial charge in [0.25, 0.3) is 23.6 Å². The monoisotopic (exact) mass is 448 g/mol. The molecule has 2 aliphatic rings. The Morgan fingerprint density at radius 2 is 0.735 bits per heavy atom. The molecule has 0 bridgehead atoms. The first-order chi connectivity index (χ1) is 16.4. The minimum absolute atomic E-state index is 0.215. The summed E-state index contributed by atoms with van der Waals surface area (Å²) >= 11 is 0. The Bertz CT molecular complexity index is 1430. The van der Waals surface area contributed by atoms with E-state index < -0.39 is 23.6 Å². The molecule has 0 aliphatic carbocycles. The lowest BCUT2D eigenvalue weighted by Gasteiger charge is -2.32. The van der Waals surface area contributed by atoms with Gasteiger partial charge in [0, 0.05) is 33.0 Å². The van der Waals surface area contributed by atoms with Crippen molar-refractivity contribution in [2.75, 3.05) is 21.3 Å². The predicted octanol–water partition coefficient (Wildman–Crippen LogP) is 3.61. The topological polar surface area (TPSA) is 127 Å². The van der Waals surface area contributed by atoms with Gasteiger partial charge in [0.15, 0.2) is 0 Å². The van der Waals surface area contributed by atoms with Crippen LogP contribution in [0.15, 0.2) is 72.8 Å². The van der Waals surface area contributed by atoms with Crippen LogP contribution in [0.25, 0.3) is 10.8 Å². The number of nitrogens with two attached hydrogens (primary N) is 2. The van der Waals surface area contributed by atoms with Crippen molar-refractivity contribution >= 4 is 57.2 Å². The van der Waals surface area contributed by atoms with Crippen molar-refractivity contribution in [1.82, 2.24) is 0 Å². The standard InChI is InChI=1S/C26H16N4O4/c27-17-5-1-3-7-19(17)29-23(31)13-9-11-15-22-16(12-10-14(21(13)22)24(29)32)26(34)30(25(15)33)20-8-4-2-6-18(20)28/h1-12H,27-28H2. The van der Waals surface area contributed by atoms with Gasteiger partial charge in [0.2, 0.25) is 0 Å². The fourth-order valence-electron chi connectivity index (χ4n) is 4.69. The maximum absolute atomic E-state index is 13.4. The molecule has 164 valence electrons. The summed E-state index contributed by atoms with van der Waals surface area (Å²) in [5.74, 6) is -2.30. The lowest BCUT2D eigenvalue weighted by Crippen LogP contribution is -2.43. The summed E-state index contributed by atoms with van der Waals surface area (Å²) in [6.07, 6.45) is 0. The molecule has 2 aliphatic heterocycles. The van der Waals surface area contributed by atoms with Gasteiger partial charge in [-0.1, -0.05) is 24.3 Å². The van der Waals surface area contributed by atoms with Gasteiger partial charge in [-0.3, -0.25) is 19.2 Å². The maximum Gasteiger partial charge on any atom is 0.266 e. The number of hydrogen-bond donors (Lipinski definition) is 2. The van der Waals surface area contributed by atoms with E-state index in [0.717, 1.165) is 9.80 Å². The van der Waals surface area contributed by atoms with Gasteiger partial charge in [-0.2, -0.15) is 0 Å². The third kappa shape index (κ3) is 2.42. The summed E-state index contributed by atoms with van der Waals surface area (Å²) in [7, 11) is 0. The number of benzene rings is 4. The molecule has 4 aromatic carbocycles. The SMILES string of the molecule is Nc1ccccc1N1C(=O)c2ccc3c4c(ccc(c24)C1=O)C(=O)N(c1ccccc1N)C3=O. The van der Waals surface area contributed by atoms with Crippen molar-refractivity contribution < 1.29 is 19.2 Å². The van der Waals surface area contributed by atoms with E-state index in [1.807, 2.05) is 0 Å². The number of amides is 4. The van der Waals surface area contributed by atoms with Crippen LogP contribution in [0, 0.1) is 0 Å². The Hall–Kier alpha value is -4.98. The molecule has 8 heteroatoms. The number of hydrogen-bond acceptors (Lipinski definition) is 6. The smallest absolute Gasteiger partial charge is 0.266 e. The highest BCUT2D eigenvalue weighted by atomic mass is 16.2. The van der Waals surface area contributed by atoms with Gasteiger partial charge < -0.3 is 11.5 Å². The number of imide groups is 2. The molecule has 4 N–H and O–H groups in total. The summed E-state index contributed by atoms with van der Waals surface area (Å²) < 4.78 is 0. The fraction of sp³-hybridized carbons (Fsp3) is 0. The van der Waals surface area contributed by atoms with E-state index in [1.54, 1.807) is 48.5 Å². The Kier molecular flexibility index (Phi) is 3.91. The molecular weight excluding hydrogens is 432 g/mol. The molecule has 0 saturated heterocycles. The predicted molar refractivity (Wildman–Crippen MR) is 128 cm³/mol. The van der Waals surface area contributed by atoms with Gasteiger partial charge in [-0.05, 0) is 48.5 Å². The van der Waals surface area contributed by atoms with Crippen LogP contribution in [0.4, 0.5) is 22.7 Å². The number of rotatable bonds is 2. The molecule has 0 unspecified atom stereocenters. The van der Waals surface area contributed by atoms with Crippen molar-refractivity contribution in [2.24, 2.45) is 0 Å². The highest BCUT2D eigenvalue weighted by molar-refractivity contribution is 6.42. The zero-order chi connectivity index (χ0) is 23.7. The lowest BCUT2D eigenvalue weighted by atomic mass is 9.85. The van der Waals surface area contributed by atoms with Gasteiger partial charge in [0.1, 0.15) is 0 Å². The van der Waals surface area contributed by atoms with E-state index in [0.29, 0.717) is 0 Å². The highest BCUT2D eigenvalue weighted by Gasteiger charge is 2.41. The summed E-state index contributed by atoms with van der Waals surface area (Å²) in [6.45, 7) is 0. The minimum Gasteiger partial charge on any atom is -0.397 e. The average molecular weight is 448 g/mol. The molecule has 0 atom stereocenters. The Morgan fingerprint density at radius 1 is 0.441 bits per heavy atom. The maximum atomic E-state index is 13.4. The van der Waals surface area contributed by atoms with Crippen LogP contribution < -0.4 is 21.3 Å². The second kappa shape index (κ2) is 6.76. The van der Waals surface area contributed by atoms with Crippen LogP contribution in [0.5, 0.6) is 0 Å². The zero-order valence-electron chi connectivity index (χ0n) is 17.6. The Morgan fingerprint density at radius 3 is 1.03 bits per heavy atom. The number of nitrogens with zero attached hydrogens (tertiary/aromatic N) is 2. The van der Waals surface area contributed by atoms with E-state index in [2.05, 4.69) is 0 Å². The second-order valence-corrected chi connectivity index (χ2v) is 8.08. The summed E-state index contributed by atoms with van der Waals surface area (Å²) in [6, 6.07) is 19.2. The molecule has 0 radical (unpaired) electrons. The summed E-state index contributed by atoms with van der Waals surface area (Å²) in [4.78, 5) is 55.8. The van der Waals surface area contributed by atoms with Crippen molar-refractivity contribution in [1.29, 1.82) is 0 Å². The fourth-order valence-corrected chi connectivity index (χ4v) is 4.69. The van der Waals surface area contributed by atoms with Crippen LogP contribution in [0.3, 0.4) is 0 Å². The van der Waals surface area contributed by atoms with Crippen molar-refractivity contribution in [3.63, 3.8) is 0 Å². The molecule has 8 nitrogen and oxygen atoms in total. The molecule has 6 rings (SSSR count). The van der Waals surface area contributed by atoms with Crippen LogP contribution in [0.1, 0.15) is 41.4 Å². The molecular formula is C26H16N4O4. The Balaban J connectivity index is 1.59.